The standard InChI is InChI=1S/C25H19N3O4/c1-16(29)19-12-22-23(32-15-31-22)13-21(19)26-25(30)20-14-28(18-10-6-3-7-11-18)27-24(20)17-8-4-2-5-9-17/h2-14H,15H2,1H3,(H,26,30). The van der Waals surface area contributed by atoms with E-state index in [-0.39, 0.29) is 18.5 Å². The Bertz CT molecular complexity index is 1310. The molecule has 0 aliphatic carbocycles. The molecule has 0 radical (unpaired) electrons. The first kappa shape index (κ1) is 19.6. The number of fused-ring (bicyclic) bond motifs is 1. The van der Waals surface area contributed by atoms with Crippen molar-refractivity contribution in [1.82, 2.24) is 9.78 Å². The Labute approximate surface area is 184 Å². The summed E-state index contributed by atoms with van der Waals surface area (Å²) < 4.78 is 12.4. The summed E-state index contributed by atoms with van der Waals surface area (Å²) in [6.45, 7) is 1.52. The summed E-state index contributed by atoms with van der Waals surface area (Å²) in [5.74, 6) is 0.387. The molecule has 32 heavy (non-hydrogen) atoms. The lowest BCUT2D eigenvalue weighted by Gasteiger charge is -2.10. The molecule has 0 saturated carbocycles. The Kier molecular flexibility index (Phi) is 4.91. The minimum absolute atomic E-state index is 0.0755. The van der Waals surface area contributed by atoms with Gasteiger partial charge in [-0.2, -0.15) is 5.10 Å². The van der Waals surface area contributed by atoms with E-state index in [0.717, 1.165) is 11.3 Å². The second-order valence-electron chi connectivity index (χ2n) is 7.30. The first-order chi connectivity index (χ1) is 15.6. The smallest absolute Gasteiger partial charge is 0.259 e. The summed E-state index contributed by atoms with van der Waals surface area (Å²) >= 11 is 0. The molecule has 158 valence electrons. The quantitative estimate of drug-likeness (QED) is 0.468. The van der Waals surface area contributed by atoms with Crippen LogP contribution < -0.4 is 14.8 Å². The van der Waals surface area contributed by atoms with E-state index in [1.165, 1.54) is 6.92 Å². The first-order valence-corrected chi connectivity index (χ1v) is 10.1. The lowest BCUT2D eigenvalue weighted by atomic mass is 10.1. The van der Waals surface area contributed by atoms with Gasteiger partial charge in [0.15, 0.2) is 17.3 Å². The predicted molar refractivity (Wildman–Crippen MR) is 120 cm³/mol. The number of nitrogens with one attached hydrogen (secondary N) is 1. The Morgan fingerprint density at radius 1 is 0.906 bits per heavy atom. The molecule has 0 unspecified atom stereocenters. The molecule has 0 atom stereocenters. The maximum Gasteiger partial charge on any atom is 0.259 e. The number of carbonyl (C=O) groups excluding carboxylic acids is 2. The highest BCUT2D eigenvalue weighted by Gasteiger charge is 2.23. The van der Waals surface area contributed by atoms with Gasteiger partial charge in [-0.15, -0.1) is 0 Å². The fraction of sp³-hybridized carbons (Fsp3) is 0.0800. The van der Waals surface area contributed by atoms with Crippen molar-refractivity contribution in [1.29, 1.82) is 0 Å². The summed E-state index contributed by atoms with van der Waals surface area (Å²) in [7, 11) is 0. The molecule has 5 rings (SSSR count). The number of Topliss-reactive ketones (excluding diaryl/α,β-unsaturated/α-hetero) is 1. The SMILES string of the molecule is CC(=O)c1cc2c(cc1NC(=O)c1cn(-c3ccccc3)nc1-c1ccccc1)OCO2. The normalized spacial score (nSPS) is 11.9. The molecule has 1 aliphatic heterocycles. The van der Waals surface area contributed by atoms with E-state index in [0.29, 0.717) is 34.0 Å². The minimum atomic E-state index is -0.382. The van der Waals surface area contributed by atoms with E-state index in [9.17, 15) is 9.59 Å². The summed E-state index contributed by atoms with van der Waals surface area (Å²) in [4.78, 5) is 25.6. The van der Waals surface area contributed by atoms with Crippen LogP contribution in [0.25, 0.3) is 16.9 Å². The summed E-state index contributed by atoms with van der Waals surface area (Å²) in [5.41, 5.74) is 3.27. The van der Waals surface area contributed by atoms with Gasteiger partial charge >= 0.3 is 0 Å². The molecule has 7 nitrogen and oxygen atoms in total. The van der Waals surface area contributed by atoms with Crippen molar-refractivity contribution in [2.24, 2.45) is 0 Å². The fourth-order valence-corrected chi connectivity index (χ4v) is 3.59. The zero-order valence-corrected chi connectivity index (χ0v) is 17.2. The Morgan fingerprint density at radius 2 is 1.56 bits per heavy atom. The fourth-order valence-electron chi connectivity index (χ4n) is 3.59. The van der Waals surface area contributed by atoms with Crippen molar-refractivity contribution in [3.8, 4) is 28.4 Å². The van der Waals surface area contributed by atoms with E-state index < -0.39 is 0 Å². The van der Waals surface area contributed by atoms with Crippen molar-refractivity contribution in [2.45, 2.75) is 6.92 Å². The number of anilines is 1. The van der Waals surface area contributed by atoms with Crippen LogP contribution in [0.4, 0.5) is 5.69 Å². The first-order valence-electron chi connectivity index (χ1n) is 10.1. The van der Waals surface area contributed by atoms with E-state index in [1.807, 2.05) is 60.7 Å². The molecule has 7 heteroatoms. The third kappa shape index (κ3) is 3.60. The van der Waals surface area contributed by atoms with Crippen molar-refractivity contribution in [3.63, 3.8) is 0 Å². The molecular weight excluding hydrogens is 406 g/mol. The van der Waals surface area contributed by atoms with Crippen LogP contribution in [0.3, 0.4) is 0 Å². The highest BCUT2D eigenvalue weighted by atomic mass is 16.7. The third-order valence-corrected chi connectivity index (χ3v) is 5.17. The molecule has 2 heterocycles. The number of ether oxygens (including phenoxy) is 2. The molecule has 0 bridgehead atoms. The summed E-state index contributed by atoms with van der Waals surface area (Å²) in [6.07, 6.45) is 1.69. The van der Waals surface area contributed by atoms with Gasteiger partial charge in [0.2, 0.25) is 6.79 Å². The van der Waals surface area contributed by atoms with E-state index in [1.54, 1.807) is 23.0 Å². The number of para-hydroxylation sites is 1. The highest BCUT2D eigenvalue weighted by Crippen LogP contribution is 2.37. The van der Waals surface area contributed by atoms with Crippen LogP contribution in [0.15, 0.2) is 79.0 Å². The number of benzene rings is 3. The van der Waals surface area contributed by atoms with Crippen LogP contribution in [0.5, 0.6) is 11.5 Å². The van der Waals surface area contributed by atoms with Crippen molar-refractivity contribution >= 4 is 17.4 Å². The number of ketones is 1. The topological polar surface area (TPSA) is 82.5 Å². The minimum Gasteiger partial charge on any atom is -0.454 e. The van der Waals surface area contributed by atoms with E-state index in [2.05, 4.69) is 10.4 Å². The summed E-state index contributed by atoms with van der Waals surface area (Å²) in [6, 6.07) is 22.2. The Balaban J connectivity index is 1.57. The van der Waals surface area contributed by atoms with Crippen LogP contribution in [-0.2, 0) is 0 Å². The van der Waals surface area contributed by atoms with Gasteiger partial charge in [0.05, 0.1) is 16.9 Å². The van der Waals surface area contributed by atoms with Crippen LogP contribution >= 0.6 is 0 Å². The molecule has 1 aliphatic rings. The number of nitrogens with zero attached hydrogens (tertiary/aromatic N) is 2. The number of hydrogen-bond acceptors (Lipinski definition) is 5. The number of rotatable bonds is 5. The Hall–Kier alpha value is -4.39. The molecule has 0 spiro atoms. The van der Waals surface area contributed by atoms with E-state index in [4.69, 9.17) is 9.47 Å². The lowest BCUT2D eigenvalue weighted by molar-refractivity contribution is 0.101. The second kappa shape index (κ2) is 8.03. The number of carbonyl (C=O) groups is 2. The van der Waals surface area contributed by atoms with Crippen molar-refractivity contribution in [3.05, 3.63) is 90.1 Å². The lowest BCUT2D eigenvalue weighted by Crippen LogP contribution is -2.14. The molecule has 1 aromatic heterocycles. The van der Waals surface area contributed by atoms with Gasteiger partial charge in [0.1, 0.15) is 5.69 Å². The average molecular weight is 425 g/mol. The van der Waals surface area contributed by atoms with Gasteiger partial charge in [-0.3, -0.25) is 9.59 Å². The molecule has 0 saturated heterocycles. The van der Waals surface area contributed by atoms with Gasteiger partial charge in [0, 0.05) is 23.4 Å². The number of hydrogen-bond donors (Lipinski definition) is 1. The summed E-state index contributed by atoms with van der Waals surface area (Å²) in [5, 5.41) is 7.54. The van der Waals surface area contributed by atoms with Gasteiger partial charge in [-0.1, -0.05) is 48.5 Å². The highest BCUT2D eigenvalue weighted by molar-refractivity contribution is 6.11. The van der Waals surface area contributed by atoms with Crippen LogP contribution in [0, 0.1) is 0 Å². The van der Waals surface area contributed by atoms with Gasteiger partial charge in [0.25, 0.3) is 5.91 Å². The number of aromatic nitrogens is 2. The zero-order valence-electron chi connectivity index (χ0n) is 17.2. The molecule has 1 N–H and O–H groups in total. The Morgan fingerprint density at radius 3 is 2.25 bits per heavy atom. The van der Waals surface area contributed by atoms with Crippen molar-refractivity contribution in [2.75, 3.05) is 12.1 Å². The van der Waals surface area contributed by atoms with Gasteiger partial charge < -0.3 is 14.8 Å². The maximum atomic E-state index is 13.4. The van der Waals surface area contributed by atoms with Gasteiger partial charge in [-0.25, -0.2) is 4.68 Å². The number of amides is 1. The molecule has 1 amide bonds. The largest absolute Gasteiger partial charge is 0.454 e. The average Bonchev–Trinajstić information content (AvgIpc) is 3.47. The molecule has 0 fully saturated rings. The maximum absolute atomic E-state index is 13.4. The van der Waals surface area contributed by atoms with E-state index >= 15 is 0 Å². The molecule has 4 aromatic rings. The van der Waals surface area contributed by atoms with Crippen LogP contribution in [0.2, 0.25) is 0 Å². The zero-order chi connectivity index (χ0) is 22.1. The predicted octanol–water partition coefficient (Wildman–Crippen LogP) is 4.72. The van der Waals surface area contributed by atoms with Gasteiger partial charge in [-0.05, 0) is 25.1 Å². The monoisotopic (exact) mass is 425 g/mol. The molecule has 3 aromatic carbocycles. The van der Waals surface area contributed by atoms with Crippen LogP contribution in [0.1, 0.15) is 27.6 Å². The second-order valence-corrected chi connectivity index (χ2v) is 7.30. The third-order valence-electron chi connectivity index (χ3n) is 5.17. The van der Waals surface area contributed by atoms with Crippen LogP contribution in [-0.4, -0.2) is 28.3 Å². The van der Waals surface area contributed by atoms with Crippen molar-refractivity contribution < 1.29 is 19.1 Å². The molecular formula is C25H19N3O4.